The zero-order valence-corrected chi connectivity index (χ0v) is 14.9. The van der Waals surface area contributed by atoms with Crippen molar-refractivity contribution in [3.8, 4) is 22.4 Å². The van der Waals surface area contributed by atoms with Crippen LogP contribution in [0.15, 0.2) is 53.4 Å². The van der Waals surface area contributed by atoms with Gasteiger partial charge in [-0.2, -0.15) is 5.10 Å². The van der Waals surface area contributed by atoms with Crippen LogP contribution in [-0.2, 0) is 16.3 Å². The van der Waals surface area contributed by atoms with Crippen LogP contribution in [-0.4, -0.2) is 24.9 Å². The van der Waals surface area contributed by atoms with Crippen LogP contribution >= 0.6 is 11.6 Å². The Morgan fingerprint density at radius 3 is 2.12 bits per heavy atom. The van der Waals surface area contributed by atoms with Crippen LogP contribution < -0.4 is 0 Å². The van der Waals surface area contributed by atoms with Gasteiger partial charge < -0.3 is 0 Å². The molecule has 0 amide bonds. The zero-order chi connectivity index (χ0) is 17.3. The van der Waals surface area contributed by atoms with Gasteiger partial charge in [-0.05, 0) is 36.2 Å². The Labute approximate surface area is 146 Å². The molecule has 1 heterocycles. The number of aromatic nitrogens is 2. The highest BCUT2D eigenvalue weighted by molar-refractivity contribution is 7.90. The molecule has 124 valence electrons. The fourth-order valence-corrected chi connectivity index (χ4v) is 3.39. The second-order valence-corrected chi connectivity index (χ2v) is 8.03. The van der Waals surface area contributed by atoms with E-state index in [0.29, 0.717) is 9.92 Å². The smallest absolute Gasteiger partial charge is 0.175 e. The van der Waals surface area contributed by atoms with E-state index in [4.69, 9.17) is 11.6 Å². The van der Waals surface area contributed by atoms with Gasteiger partial charge in [-0.15, -0.1) is 0 Å². The molecule has 0 aliphatic rings. The molecule has 6 heteroatoms. The molecule has 0 atom stereocenters. The number of sulfone groups is 1. The van der Waals surface area contributed by atoms with E-state index in [9.17, 15) is 8.42 Å². The van der Waals surface area contributed by atoms with Gasteiger partial charge in [0.15, 0.2) is 9.84 Å². The van der Waals surface area contributed by atoms with Gasteiger partial charge in [-0.3, -0.25) is 5.10 Å². The largest absolute Gasteiger partial charge is 0.281 e. The normalized spacial score (nSPS) is 11.6. The van der Waals surface area contributed by atoms with E-state index in [-0.39, 0.29) is 0 Å². The Bertz CT molecular complexity index is 959. The topological polar surface area (TPSA) is 62.8 Å². The summed E-state index contributed by atoms with van der Waals surface area (Å²) in [6.07, 6.45) is 2.01. The molecule has 0 spiro atoms. The Morgan fingerprint density at radius 2 is 1.58 bits per heavy atom. The lowest BCUT2D eigenvalue weighted by molar-refractivity contribution is 0.602. The molecule has 0 fully saturated rings. The first-order chi connectivity index (χ1) is 11.4. The van der Waals surface area contributed by atoms with E-state index in [2.05, 4.69) is 17.1 Å². The second kappa shape index (κ2) is 6.42. The van der Waals surface area contributed by atoms with Crippen molar-refractivity contribution in [1.29, 1.82) is 0 Å². The molecule has 0 aliphatic carbocycles. The molecule has 0 unspecified atom stereocenters. The summed E-state index contributed by atoms with van der Waals surface area (Å²) >= 11 is 5.98. The van der Waals surface area contributed by atoms with E-state index in [1.807, 2.05) is 24.3 Å². The van der Waals surface area contributed by atoms with Gasteiger partial charge in [0, 0.05) is 28.1 Å². The average Bonchev–Trinajstić information content (AvgIpc) is 2.99. The van der Waals surface area contributed by atoms with Crippen LogP contribution in [0, 0.1) is 0 Å². The molecule has 1 aromatic heterocycles. The van der Waals surface area contributed by atoms with E-state index >= 15 is 0 Å². The Hall–Kier alpha value is -2.11. The quantitative estimate of drug-likeness (QED) is 0.751. The molecule has 0 saturated heterocycles. The van der Waals surface area contributed by atoms with Gasteiger partial charge in [0.2, 0.25) is 0 Å². The zero-order valence-electron chi connectivity index (χ0n) is 13.4. The number of nitrogens with one attached hydrogen (secondary N) is 1. The van der Waals surface area contributed by atoms with Crippen LogP contribution in [0.5, 0.6) is 0 Å². The lowest BCUT2D eigenvalue weighted by atomic mass is 9.98. The van der Waals surface area contributed by atoms with E-state index in [1.165, 1.54) is 6.26 Å². The third-order valence-electron chi connectivity index (χ3n) is 3.88. The van der Waals surface area contributed by atoms with Gasteiger partial charge in [0.1, 0.15) is 5.69 Å². The van der Waals surface area contributed by atoms with Crippen molar-refractivity contribution in [3.05, 3.63) is 59.2 Å². The maximum Gasteiger partial charge on any atom is 0.175 e. The van der Waals surface area contributed by atoms with Crippen molar-refractivity contribution >= 4 is 21.4 Å². The molecule has 3 rings (SSSR count). The Balaban J connectivity index is 2.12. The first-order valence-corrected chi connectivity index (χ1v) is 9.80. The molecular formula is C18H17ClN2O2S. The Kier molecular flexibility index (Phi) is 4.47. The summed E-state index contributed by atoms with van der Waals surface area (Å²) in [6, 6.07) is 14.4. The monoisotopic (exact) mass is 360 g/mol. The molecule has 1 N–H and O–H groups in total. The SMILES string of the molecule is CCc1[nH]nc(-c2ccc(S(C)(=O)=O)cc2)c1-c1ccc(Cl)cc1. The summed E-state index contributed by atoms with van der Waals surface area (Å²) in [5, 5.41) is 8.20. The molecule has 0 saturated carbocycles. The van der Waals surface area contributed by atoms with E-state index < -0.39 is 9.84 Å². The minimum absolute atomic E-state index is 0.297. The molecule has 0 bridgehead atoms. The number of aromatic amines is 1. The lowest BCUT2D eigenvalue weighted by Gasteiger charge is -2.07. The summed E-state index contributed by atoms with van der Waals surface area (Å²) in [6.45, 7) is 2.06. The van der Waals surface area contributed by atoms with Crippen molar-refractivity contribution in [2.75, 3.05) is 6.26 Å². The van der Waals surface area contributed by atoms with Gasteiger partial charge in [0.05, 0.1) is 4.90 Å². The van der Waals surface area contributed by atoms with Crippen molar-refractivity contribution < 1.29 is 8.42 Å². The number of nitrogens with zero attached hydrogens (tertiary/aromatic N) is 1. The third-order valence-corrected chi connectivity index (χ3v) is 5.26. The van der Waals surface area contributed by atoms with Crippen LogP contribution in [0.3, 0.4) is 0 Å². The molecule has 24 heavy (non-hydrogen) atoms. The predicted molar refractivity (Wildman–Crippen MR) is 97.0 cm³/mol. The fraction of sp³-hybridized carbons (Fsp3) is 0.167. The first-order valence-electron chi connectivity index (χ1n) is 7.54. The highest BCUT2D eigenvalue weighted by Gasteiger charge is 2.16. The average molecular weight is 361 g/mol. The number of rotatable bonds is 4. The van der Waals surface area contributed by atoms with Crippen LogP contribution in [0.2, 0.25) is 5.02 Å². The number of aryl methyl sites for hydroxylation is 1. The predicted octanol–water partition coefficient (Wildman–Crippen LogP) is 4.36. The van der Waals surface area contributed by atoms with E-state index in [0.717, 1.165) is 34.5 Å². The number of hydrogen-bond acceptors (Lipinski definition) is 3. The highest BCUT2D eigenvalue weighted by atomic mass is 35.5. The number of hydrogen-bond donors (Lipinski definition) is 1. The van der Waals surface area contributed by atoms with Crippen LogP contribution in [0.25, 0.3) is 22.4 Å². The third kappa shape index (κ3) is 3.23. The number of benzene rings is 2. The lowest BCUT2D eigenvalue weighted by Crippen LogP contribution is -1.96. The summed E-state index contributed by atoms with van der Waals surface area (Å²) in [5.74, 6) is 0. The van der Waals surface area contributed by atoms with Crippen molar-refractivity contribution in [1.82, 2.24) is 10.2 Å². The van der Waals surface area contributed by atoms with Gasteiger partial charge in [0.25, 0.3) is 0 Å². The Morgan fingerprint density at radius 1 is 1.00 bits per heavy atom. The van der Waals surface area contributed by atoms with Crippen LogP contribution in [0.4, 0.5) is 0 Å². The van der Waals surface area contributed by atoms with Crippen molar-refractivity contribution in [3.63, 3.8) is 0 Å². The van der Waals surface area contributed by atoms with Crippen molar-refractivity contribution in [2.45, 2.75) is 18.2 Å². The summed E-state index contributed by atoms with van der Waals surface area (Å²) < 4.78 is 23.2. The molecule has 0 aliphatic heterocycles. The molecule has 4 nitrogen and oxygen atoms in total. The minimum atomic E-state index is -3.21. The highest BCUT2D eigenvalue weighted by Crippen LogP contribution is 2.34. The summed E-state index contributed by atoms with van der Waals surface area (Å²) in [7, 11) is -3.21. The molecule has 3 aromatic rings. The van der Waals surface area contributed by atoms with Gasteiger partial charge in [-0.25, -0.2) is 8.42 Å². The van der Waals surface area contributed by atoms with Crippen LogP contribution in [0.1, 0.15) is 12.6 Å². The summed E-state index contributed by atoms with van der Waals surface area (Å²) in [5.41, 5.74) is 4.73. The number of halogens is 1. The fourth-order valence-electron chi connectivity index (χ4n) is 2.63. The van der Waals surface area contributed by atoms with Gasteiger partial charge in [-0.1, -0.05) is 42.8 Å². The minimum Gasteiger partial charge on any atom is -0.281 e. The second-order valence-electron chi connectivity index (χ2n) is 5.58. The molecule has 0 radical (unpaired) electrons. The first kappa shape index (κ1) is 16.7. The van der Waals surface area contributed by atoms with Crippen molar-refractivity contribution in [2.24, 2.45) is 0 Å². The molecular weight excluding hydrogens is 344 g/mol. The molecule has 2 aromatic carbocycles. The summed E-state index contributed by atoms with van der Waals surface area (Å²) in [4.78, 5) is 0.297. The van der Waals surface area contributed by atoms with Gasteiger partial charge >= 0.3 is 0 Å². The van der Waals surface area contributed by atoms with E-state index in [1.54, 1.807) is 24.3 Å². The maximum atomic E-state index is 11.6. The maximum absolute atomic E-state index is 11.6. The number of H-pyrrole nitrogens is 1. The standard InChI is InChI=1S/C18H17ClN2O2S/c1-3-16-17(12-4-8-14(19)9-5-12)18(21-20-16)13-6-10-15(11-7-13)24(2,22)23/h4-11H,3H2,1-2H3,(H,20,21).